The Kier molecular flexibility index (Phi) is 6.38. The van der Waals surface area contributed by atoms with Gasteiger partial charge in [0.2, 0.25) is 0 Å². The monoisotopic (exact) mass is 471 g/mol. The first-order valence-electron chi connectivity index (χ1n) is 11.2. The second-order valence-corrected chi connectivity index (χ2v) is 8.22. The van der Waals surface area contributed by atoms with E-state index in [1.165, 1.54) is 6.08 Å². The first-order valence-corrected chi connectivity index (χ1v) is 11.2. The molecule has 1 saturated heterocycles. The molecule has 8 heteroatoms. The van der Waals surface area contributed by atoms with Crippen LogP contribution in [0, 0.1) is 20.8 Å². The number of amides is 4. The number of nitrogens with one attached hydrogen (secondary N) is 1. The van der Waals surface area contributed by atoms with Gasteiger partial charge in [0.15, 0.2) is 0 Å². The molecule has 35 heavy (non-hydrogen) atoms. The van der Waals surface area contributed by atoms with Gasteiger partial charge in [0.05, 0.1) is 17.9 Å². The summed E-state index contributed by atoms with van der Waals surface area (Å²) < 4.78 is 6.99. The normalized spacial score (nSPS) is 14.9. The standard InChI is InChI=1S/C27H25N3O5/c1-5-35-26(33)19-8-12-21(13-9-19)29-17(3)14-20(18(29)4)15-23-24(31)28-27(34)30(25(23)32)22-10-6-16(2)7-11-22/h6-15H,5H2,1-4H3,(H,28,31,34). The first kappa shape index (κ1) is 23.7. The van der Waals surface area contributed by atoms with Crippen LogP contribution in [0.25, 0.3) is 11.8 Å². The number of barbiturate groups is 1. The minimum absolute atomic E-state index is 0.136. The molecule has 0 bridgehead atoms. The van der Waals surface area contributed by atoms with Gasteiger partial charge in [0, 0.05) is 17.1 Å². The maximum Gasteiger partial charge on any atom is 0.338 e. The van der Waals surface area contributed by atoms with Crippen molar-refractivity contribution < 1.29 is 23.9 Å². The van der Waals surface area contributed by atoms with Gasteiger partial charge in [0.1, 0.15) is 5.57 Å². The maximum absolute atomic E-state index is 13.2. The average molecular weight is 472 g/mol. The van der Waals surface area contributed by atoms with Gasteiger partial charge in [-0.15, -0.1) is 0 Å². The van der Waals surface area contributed by atoms with Crippen LogP contribution in [0.2, 0.25) is 0 Å². The lowest BCUT2D eigenvalue weighted by Crippen LogP contribution is -2.54. The number of urea groups is 1. The van der Waals surface area contributed by atoms with Gasteiger partial charge in [0.25, 0.3) is 11.8 Å². The molecule has 0 atom stereocenters. The van der Waals surface area contributed by atoms with Crippen molar-refractivity contribution in [1.29, 1.82) is 0 Å². The van der Waals surface area contributed by atoms with E-state index in [9.17, 15) is 19.2 Å². The molecule has 178 valence electrons. The van der Waals surface area contributed by atoms with E-state index in [1.54, 1.807) is 55.5 Å². The van der Waals surface area contributed by atoms with Crippen molar-refractivity contribution in [2.45, 2.75) is 27.7 Å². The van der Waals surface area contributed by atoms with Crippen molar-refractivity contribution in [2.75, 3.05) is 11.5 Å². The highest BCUT2D eigenvalue weighted by atomic mass is 16.5. The Balaban J connectivity index is 1.69. The van der Waals surface area contributed by atoms with E-state index < -0.39 is 17.8 Å². The molecule has 3 aromatic rings. The Bertz CT molecular complexity index is 1370. The minimum atomic E-state index is -0.784. The molecule has 1 N–H and O–H groups in total. The van der Waals surface area contributed by atoms with Crippen molar-refractivity contribution in [1.82, 2.24) is 9.88 Å². The maximum atomic E-state index is 13.2. The van der Waals surface area contributed by atoms with Gasteiger partial charge in [-0.25, -0.2) is 14.5 Å². The summed E-state index contributed by atoms with van der Waals surface area (Å²) in [6, 6.07) is 15.0. The minimum Gasteiger partial charge on any atom is -0.462 e. The Morgan fingerprint density at radius 3 is 2.20 bits per heavy atom. The molecule has 1 fully saturated rings. The SMILES string of the molecule is CCOC(=O)c1ccc(-n2c(C)cc(C=C3C(=O)NC(=O)N(c4ccc(C)cc4)C3=O)c2C)cc1. The van der Waals surface area contributed by atoms with Crippen LogP contribution in [0.1, 0.15) is 39.8 Å². The summed E-state index contributed by atoms with van der Waals surface area (Å²) in [5.74, 6) is -1.82. The number of ether oxygens (including phenoxy) is 1. The van der Waals surface area contributed by atoms with E-state index in [4.69, 9.17) is 4.74 Å². The molecule has 0 saturated carbocycles. The first-order chi connectivity index (χ1) is 16.7. The number of benzene rings is 2. The lowest BCUT2D eigenvalue weighted by atomic mass is 10.1. The molecule has 0 unspecified atom stereocenters. The van der Waals surface area contributed by atoms with Crippen LogP contribution in [0.5, 0.6) is 0 Å². The molecule has 1 aliphatic rings. The average Bonchev–Trinajstić information content (AvgIpc) is 3.10. The van der Waals surface area contributed by atoms with Gasteiger partial charge in [-0.2, -0.15) is 0 Å². The number of carbonyl (C=O) groups excluding carboxylic acids is 4. The highest BCUT2D eigenvalue weighted by Gasteiger charge is 2.37. The molecule has 4 amide bonds. The number of rotatable bonds is 5. The fraction of sp³-hybridized carbons (Fsp3) is 0.185. The molecule has 8 nitrogen and oxygen atoms in total. The number of aromatic nitrogens is 1. The lowest BCUT2D eigenvalue weighted by Gasteiger charge is -2.26. The Morgan fingerprint density at radius 2 is 1.57 bits per heavy atom. The predicted octanol–water partition coefficient (Wildman–Crippen LogP) is 4.25. The molecule has 2 heterocycles. The van der Waals surface area contributed by atoms with E-state index in [2.05, 4.69) is 5.32 Å². The second kappa shape index (κ2) is 9.42. The van der Waals surface area contributed by atoms with Crippen LogP contribution < -0.4 is 10.2 Å². The number of nitrogens with zero attached hydrogens (tertiary/aromatic N) is 2. The fourth-order valence-electron chi connectivity index (χ4n) is 4.03. The van der Waals surface area contributed by atoms with Gasteiger partial charge in [-0.1, -0.05) is 17.7 Å². The summed E-state index contributed by atoms with van der Waals surface area (Å²) in [5, 5.41) is 2.25. The molecule has 1 aliphatic heterocycles. The van der Waals surface area contributed by atoms with Crippen LogP contribution in [0.4, 0.5) is 10.5 Å². The molecule has 0 radical (unpaired) electrons. The third-order valence-corrected chi connectivity index (χ3v) is 5.80. The highest BCUT2D eigenvalue weighted by molar-refractivity contribution is 6.39. The van der Waals surface area contributed by atoms with E-state index in [-0.39, 0.29) is 11.5 Å². The van der Waals surface area contributed by atoms with Crippen LogP contribution in [-0.2, 0) is 14.3 Å². The smallest absolute Gasteiger partial charge is 0.338 e. The van der Waals surface area contributed by atoms with Crippen molar-refractivity contribution >= 4 is 35.6 Å². The van der Waals surface area contributed by atoms with Crippen LogP contribution in [0.3, 0.4) is 0 Å². The summed E-state index contributed by atoms with van der Waals surface area (Å²) in [5.41, 5.74) is 4.81. The van der Waals surface area contributed by atoms with Crippen molar-refractivity contribution in [2.24, 2.45) is 0 Å². The Morgan fingerprint density at radius 1 is 0.943 bits per heavy atom. The van der Waals surface area contributed by atoms with Crippen LogP contribution >= 0.6 is 0 Å². The number of anilines is 1. The summed E-state index contributed by atoms with van der Waals surface area (Å²) >= 11 is 0. The van der Waals surface area contributed by atoms with Gasteiger partial charge >= 0.3 is 12.0 Å². The number of imide groups is 2. The quantitative estimate of drug-likeness (QED) is 0.341. The van der Waals surface area contributed by atoms with E-state index in [0.29, 0.717) is 23.4 Å². The number of hydrogen-bond donors (Lipinski definition) is 1. The Hall–Kier alpha value is -4.46. The zero-order chi connectivity index (χ0) is 25.3. The summed E-state index contributed by atoms with van der Waals surface area (Å²) in [7, 11) is 0. The lowest BCUT2D eigenvalue weighted by molar-refractivity contribution is -0.122. The fourth-order valence-corrected chi connectivity index (χ4v) is 4.03. The zero-order valence-electron chi connectivity index (χ0n) is 19.9. The Labute approximate surface area is 202 Å². The third-order valence-electron chi connectivity index (χ3n) is 5.80. The molecular weight excluding hydrogens is 446 g/mol. The number of carbonyl (C=O) groups is 4. The number of esters is 1. The molecule has 1 aromatic heterocycles. The molecule has 4 rings (SSSR count). The summed E-state index contributed by atoms with van der Waals surface area (Å²) in [6.07, 6.45) is 1.50. The molecule has 0 aliphatic carbocycles. The van der Waals surface area contributed by atoms with Crippen molar-refractivity contribution in [3.8, 4) is 5.69 Å². The topological polar surface area (TPSA) is 97.7 Å². The van der Waals surface area contributed by atoms with E-state index in [0.717, 1.165) is 27.5 Å². The van der Waals surface area contributed by atoms with Gasteiger partial charge in [-0.3, -0.25) is 14.9 Å². The van der Waals surface area contributed by atoms with Gasteiger partial charge in [-0.05, 0) is 81.8 Å². The number of hydrogen-bond acceptors (Lipinski definition) is 5. The summed E-state index contributed by atoms with van der Waals surface area (Å²) in [4.78, 5) is 51.1. The highest BCUT2D eigenvalue weighted by Crippen LogP contribution is 2.26. The summed E-state index contributed by atoms with van der Waals surface area (Å²) in [6.45, 7) is 7.72. The van der Waals surface area contributed by atoms with Crippen molar-refractivity contribution in [3.05, 3.63) is 88.2 Å². The number of aryl methyl sites for hydroxylation is 2. The van der Waals surface area contributed by atoms with E-state index in [1.807, 2.05) is 31.4 Å². The van der Waals surface area contributed by atoms with Crippen LogP contribution in [0.15, 0.2) is 60.2 Å². The molecular formula is C27H25N3O5. The molecule has 0 spiro atoms. The predicted molar refractivity (Wildman–Crippen MR) is 131 cm³/mol. The van der Waals surface area contributed by atoms with Crippen LogP contribution in [-0.4, -0.2) is 35.0 Å². The second-order valence-electron chi connectivity index (χ2n) is 8.22. The van der Waals surface area contributed by atoms with Gasteiger partial charge < -0.3 is 9.30 Å². The van der Waals surface area contributed by atoms with E-state index >= 15 is 0 Å². The molecule has 2 aromatic carbocycles. The third kappa shape index (κ3) is 4.50. The van der Waals surface area contributed by atoms with Crippen molar-refractivity contribution in [3.63, 3.8) is 0 Å². The zero-order valence-corrected chi connectivity index (χ0v) is 19.9. The largest absolute Gasteiger partial charge is 0.462 e.